The van der Waals surface area contributed by atoms with Crippen LogP contribution in [0.25, 0.3) is 0 Å². The maximum absolute atomic E-state index is 13.2. The Labute approximate surface area is 241 Å². The predicted molar refractivity (Wildman–Crippen MR) is 163 cm³/mol. The van der Waals surface area contributed by atoms with Crippen molar-refractivity contribution in [2.45, 2.75) is 26.2 Å². The van der Waals surface area contributed by atoms with Crippen LogP contribution in [-0.2, 0) is 5.41 Å². The van der Waals surface area contributed by atoms with Crippen LogP contribution in [0.5, 0.6) is 17.2 Å². The number of hydrogen-bond donors (Lipinski definition) is 0. The van der Waals surface area contributed by atoms with E-state index in [4.69, 9.17) is 9.47 Å². The van der Waals surface area contributed by atoms with E-state index in [2.05, 4.69) is 38.1 Å². The number of carbonyl (C=O) groups excluding carboxylic acids is 2. The molecule has 4 nitrogen and oxygen atoms in total. The molecule has 5 aromatic carbocycles. The highest BCUT2D eigenvalue weighted by Crippen LogP contribution is 2.34. The summed E-state index contributed by atoms with van der Waals surface area (Å²) < 4.78 is 11.3. The Kier molecular flexibility index (Phi) is 7.84. The van der Waals surface area contributed by atoms with Gasteiger partial charge in [-0.2, -0.15) is 0 Å². The number of benzene rings is 5. The van der Waals surface area contributed by atoms with Crippen molar-refractivity contribution in [3.05, 3.63) is 160 Å². The highest BCUT2D eigenvalue weighted by Gasteiger charge is 2.23. The second-order valence-electron chi connectivity index (χ2n) is 10.6. The molecule has 0 fully saturated rings. The summed E-state index contributed by atoms with van der Waals surface area (Å²) in [5, 5.41) is 0. The Hall–Kier alpha value is -4.96. The third kappa shape index (κ3) is 6.12. The van der Waals surface area contributed by atoms with Gasteiger partial charge in [0.2, 0.25) is 0 Å². The van der Waals surface area contributed by atoms with Gasteiger partial charge >= 0.3 is 0 Å². The summed E-state index contributed by atoms with van der Waals surface area (Å²) in [6.07, 6.45) is 0. The fourth-order valence-corrected chi connectivity index (χ4v) is 4.76. The van der Waals surface area contributed by atoms with Crippen LogP contribution in [0.4, 0.5) is 0 Å². The predicted octanol–water partition coefficient (Wildman–Crippen LogP) is 8.58. The highest BCUT2D eigenvalue weighted by molar-refractivity contribution is 6.13. The van der Waals surface area contributed by atoms with E-state index in [1.807, 2.05) is 43.3 Å². The van der Waals surface area contributed by atoms with E-state index in [0.717, 1.165) is 11.3 Å². The van der Waals surface area contributed by atoms with Gasteiger partial charge in [-0.05, 0) is 72.6 Å². The first kappa shape index (κ1) is 27.6. The van der Waals surface area contributed by atoms with Crippen molar-refractivity contribution < 1.29 is 19.1 Å². The third-order valence-corrected chi connectivity index (χ3v) is 7.44. The standard InChI is InChI=1S/C37H32O4/c1-25-8-10-26(11-9-25)35(38)28-6-5-7-29(24-28)36(39)27-12-18-33(19-13-27)41-34-22-16-31(17-23-34)37(2,3)30-14-20-32(40-4)21-15-30/h5-24H,1-4H3. The maximum atomic E-state index is 13.2. The van der Waals surface area contributed by atoms with Crippen molar-refractivity contribution in [3.8, 4) is 17.2 Å². The normalized spacial score (nSPS) is 11.1. The highest BCUT2D eigenvalue weighted by atomic mass is 16.5. The molecular weight excluding hydrogens is 508 g/mol. The van der Waals surface area contributed by atoms with E-state index in [0.29, 0.717) is 33.8 Å². The molecule has 5 rings (SSSR count). The van der Waals surface area contributed by atoms with E-state index in [1.54, 1.807) is 67.8 Å². The molecule has 0 bridgehead atoms. The summed E-state index contributed by atoms with van der Waals surface area (Å²) in [5.74, 6) is 1.91. The van der Waals surface area contributed by atoms with Gasteiger partial charge in [-0.25, -0.2) is 0 Å². The fraction of sp³-hybridized carbons (Fsp3) is 0.135. The number of ketones is 2. The zero-order chi connectivity index (χ0) is 29.0. The van der Waals surface area contributed by atoms with Gasteiger partial charge in [0.05, 0.1) is 7.11 Å². The summed E-state index contributed by atoms with van der Waals surface area (Å²) in [6.45, 7) is 6.36. The van der Waals surface area contributed by atoms with Crippen LogP contribution in [0.1, 0.15) is 62.4 Å². The Bertz CT molecular complexity index is 1660. The zero-order valence-electron chi connectivity index (χ0n) is 23.7. The van der Waals surface area contributed by atoms with Crippen LogP contribution >= 0.6 is 0 Å². The van der Waals surface area contributed by atoms with Crippen LogP contribution in [0, 0.1) is 6.92 Å². The molecule has 41 heavy (non-hydrogen) atoms. The monoisotopic (exact) mass is 540 g/mol. The summed E-state index contributed by atoms with van der Waals surface area (Å²) in [5.41, 5.74) is 5.33. The van der Waals surface area contributed by atoms with E-state index in [-0.39, 0.29) is 17.0 Å². The molecule has 0 spiro atoms. The molecule has 0 aliphatic heterocycles. The number of carbonyl (C=O) groups is 2. The summed E-state index contributed by atoms with van der Waals surface area (Å²) in [4.78, 5) is 26.1. The Morgan fingerprint density at radius 2 is 0.951 bits per heavy atom. The summed E-state index contributed by atoms with van der Waals surface area (Å²) in [6, 6.07) is 37.5. The molecule has 0 aliphatic carbocycles. The zero-order valence-corrected chi connectivity index (χ0v) is 23.7. The van der Waals surface area contributed by atoms with Crippen molar-refractivity contribution in [2.24, 2.45) is 0 Å². The lowest BCUT2D eigenvalue weighted by molar-refractivity contribution is 0.103. The van der Waals surface area contributed by atoms with Gasteiger partial charge in [0.15, 0.2) is 11.6 Å². The molecule has 204 valence electrons. The van der Waals surface area contributed by atoms with Gasteiger partial charge in [0.25, 0.3) is 0 Å². The first-order valence-electron chi connectivity index (χ1n) is 13.5. The number of rotatable bonds is 9. The van der Waals surface area contributed by atoms with Crippen molar-refractivity contribution in [3.63, 3.8) is 0 Å². The summed E-state index contributed by atoms with van der Waals surface area (Å²) >= 11 is 0. The lowest BCUT2D eigenvalue weighted by Gasteiger charge is -2.26. The molecule has 0 radical (unpaired) electrons. The van der Waals surface area contributed by atoms with Gasteiger partial charge in [0, 0.05) is 27.7 Å². The van der Waals surface area contributed by atoms with Gasteiger partial charge in [-0.3, -0.25) is 9.59 Å². The molecule has 0 unspecified atom stereocenters. The molecule has 0 atom stereocenters. The first-order valence-corrected chi connectivity index (χ1v) is 13.5. The number of ether oxygens (including phenoxy) is 2. The summed E-state index contributed by atoms with van der Waals surface area (Å²) in [7, 11) is 1.67. The topological polar surface area (TPSA) is 52.6 Å². The molecule has 5 aromatic rings. The minimum atomic E-state index is -0.186. The van der Waals surface area contributed by atoms with E-state index >= 15 is 0 Å². The average molecular weight is 541 g/mol. The Morgan fingerprint density at radius 3 is 1.41 bits per heavy atom. The van der Waals surface area contributed by atoms with Crippen LogP contribution in [0.15, 0.2) is 121 Å². The fourth-order valence-electron chi connectivity index (χ4n) is 4.76. The number of hydrogen-bond acceptors (Lipinski definition) is 4. The smallest absolute Gasteiger partial charge is 0.193 e. The molecule has 0 amide bonds. The number of methoxy groups -OCH3 is 1. The van der Waals surface area contributed by atoms with Crippen LogP contribution in [0.3, 0.4) is 0 Å². The Morgan fingerprint density at radius 1 is 0.537 bits per heavy atom. The molecule has 0 saturated heterocycles. The van der Waals surface area contributed by atoms with Crippen molar-refractivity contribution in [2.75, 3.05) is 7.11 Å². The molecule has 0 aromatic heterocycles. The van der Waals surface area contributed by atoms with E-state index in [9.17, 15) is 9.59 Å². The van der Waals surface area contributed by atoms with Crippen LogP contribution in [-0.4, -0.2) is 18.7 Å². The lowest BCUT2D eigenvalue weighted by Crippen LogP contribution is -2.18. The van der Waals surface area contributed by atoms with E-state index < -0.39 is 0 Å². The molecule has 4 heteroatoms. The SMILES string of the molecule is COc1ccc(C(C)(C)c2ccc(Oc3ccc(C(=O)c4cccc(C(=O)c5ccc(C)cc5)c4)cc3)cc2)cc1. The van der Waals surface area contributed by atoms with Gasteiger partial charge in [-0.15, -0.1) is 0 Å². The Balaban J connectivity index is 1.26. The maximum Gasteiger partial charge on any atom is 0.193 e. The third-order valence-electron chi connectivity index (χ3n) is 7.44. The second kappa shape index (κ2) is 11.6. The van der Waals surface area contributed by atoms with Crippen molar-refractivity contribution >= 4 is 11.6 Å². The lowest BCUT2D eigenvalue weighted by atomic mass is 9.78. The number of aryl methyl sites for hydroxylation is 1. The molecule has 0 heterocycles. The van der Waals surface area contributed by atoms with Gasteiger partial charge in [0.1, 0.15) is 17.2 Å². The van der Waals surface area contributed by atoms with E-state index in [1.165, 1.54) is 11.1 Å². The quantitative estimate of drug-likeness (QED) is 0.176. The molecular formula is C37H32O4. The molecule has 0 aliphatic rings. The van der Waals surface area contributed by atoms with Crippen LogP contribution < -0.4 is 9.47 Å². The van der Waals surface area contributed by atoms with Gasteiger partial charge in [-0.1, -0.05) is 86.1 Å². The van der Waals surface area contributed by atoms with Crippen molar-refractivity contribution in [1.29, 1.82) is 0 Å². The van der Waals surface area contributed by atoms with Gasteiger partial charge < -0.3 is 9.47 Å². The van der Waals surface area contributed by atoms with Crippen molar-refractivity contribution in [1.82, 2.24) is 0 Å². The second-order valence-corrected chi connectivity index (χ2v) is 10.6. The molecule has 0 N–H and O–H groups in total. The average Bonchev–Trinajstić information content (AvgIpc) is 3.01. The largest absolute Gasteiger partial charge is 0.497 e. The van der Waals surface area contributed by atoms with Crippen LogP contribution in [0.2, 0.25) is 0 Å². The minimum Gasteiger partial charge on any atom is -0.497 e. The molecule has 0 saturated carbocycles. The minimum absolute atomic E-state index is 0.109. The first-order chi connectivity index (χ1) is 19.7.